The van der Waals surface area contributed by atoms with Crippen LogP contribution in [0.15, 0.2) is 30.6 Å². The number of fused-ring (bicyclic) bond motifs is 1. The van der Waals surface area contributed by atoms with Gasteiger partial charge >= 0.3 is 0 Å². The number of rotatable bonds is 4. The fourth-order valence-electron chi connectivity index (χ4n) is 2.55. The first kappa shape index (κ1) is 16.1. The molecule has 3 heterocycles. The van der Waals surface area contributed by atoms with Gasteiger partial charge in [-0.1, -0.05) is 13.0 Å². The summed E-state index contributed by atoms with van der Waals surface area (Å²) >= 11 is 0. The van der Waals surface area contributed by atoms with Crippen molar-refractivity contribution >= 4 is 22.8 Å². The standard InChI is InChI=1S/C18H21N5O/c1-5-13(4)23-17-15(10-20-23)14(8-12(3)21-17)18(24)22-16-7-6-11(2)9-19-16/h6-10,13H,5H2,1-4H3,(H,19,22,24)/t13-/m0/s1. The zero-order valence-electron chi connectivity index (χ0n) is 14.4. The summed E-state index contributed by atoms with van der Waals surface area (Å²) in [7, 11) is 0. The number of pyridine rings is 2. The first-order chi connectivity index (χ1) is 11.5. The number of aryl methyl sites for hydroxylation is 2. The molecule has 3 aromatic heterocycles. The van der Waals surface area contributed by atoms with Crippen molar-refractivity contribution in [2.24, 2.45) is 0 Å². The molecule has 6 nitrogen and oxygen atoms in total. The number of amides is 1. The highest BCUT2D eigenvalue weighted by molar-refractivity contribution is 6.11. The van der Waals surface area contributed by atoms with Crippen molar-refractivity contribution in [2.75, 3.05) is 5.32 Å². The second-order valence-electron chi connectivity index (χ2n) is 6.07. The Bertz CT molecular complexity index is 882. The van der Waals surface area contributed by atoms with Crippen LogP contribution in [-0.2, 0) is 0 Å². The lowest BCUT2D eigenvalue weighted by Crippen LogP contribution is -2.14. The van der Waals surface area contributed by atoms with Crippen molar-refractivity contribution in [3.05, 3.63) is 47.4 Å². The van der Waals surface area contributed by atoms with Gasteiger partial charge < -0.3 is 5.32 Å². The Morgan fingerprint density at radius 2 is 2.08 bits per heavy atom. The van der Waals surface area contributed by atoms with Crippen LogP contribution in [0.25, 0.3) is 11.0 Å². The molecule has 0 bridgehead atoms. The van der Waals surface area contributed by atoms with Crippen molar-refractivity contribution in [1.29, 1.82) is 0 Å². The molecule has 0 saturated heterocycles. The second-order valence-corrected chi connectivity index (χ2v) is 6.07. The highest BCUT2D eigenvalue weighted by atomic mass is 16.1. The minimum Gasteiger partial charge on any atom is -0.307 e. The van der Waals surface area contributed by atoms with Gasteiger partial charge in [0.15, 0.2) is 5.65 Å². The normalized spacial score (nSPS) is 12.3. The summed E-state index contributed by atoms with van der Waals surface area (Å²) < 4.78 is 1.88. The molecule has 0 aromatic carbocycles. The fourth-order valence-corrected chi connectivity index (χ4v) is 2.55. The zero-order valence-corrected chi connectivity index (χ0v) is 14.4. The van der Waals surface area contributed by atoms with Crippen LogP contribution in [0.1, 0.15) is 47.9 Å². The van der Waals surface area contributed by atoms with E-state index in [-0.39, 0.29) is 11.9 Å². The van der Waals surface area contributed by atoms with E-state index >= 15 is 0 Å². The summed E-state index contributed by atoms with van der Waals surface area (Å²) in [5.41, 5.74) is 3.14. The number of hydrogen-bond acceptors (Lipinski definition) is 4. The van der Waals surface area contributed by atoms with E-state index in [1.807, 2.05) is 24.6 Å². The van der Waals surface area contributed by atoms with Gasteiger partial charge in [0.05, 0.1) is 23.2 Å². The topological polar surface area (TPSA) is 72.7 Å². The molecule has 3 aromatic rings. The van der Waals surface area contributed by atoms with Crippen LogP contribution < -0.4 is 5.32 Å². The molecule has 0 spiro atoms. The van der Waals surface area contributed by atoms with Gasteiger partial charge in [0, 0.05) is 11.9 Å². The molecule has 1 amide bonds. The molecule has 0 radical (unpaired) electrons. The molecule has 0 fully saturated rings. The van der Waals surface area contributed by atoms with E-state index in [1.165, 1.54) is 0 Å². The minimum atomic E-state index is -0.203. The number of carbonyl (C=O) groups excluding carboxylic acids is 1. The Balaban J connectivity index is 2.00. The van der Waals surface area contributed by atoms with Gasteiger partial charge in [-0.2, -0.15) is 5.10 Å². The highest BCUT2D eigenvalue weighted by Crippen LogP contribution is 2.23. The summed E-state index contributed by atoms with van der Waals surface area (Å²) in [6, 6.07) is 5.72. The number of aromatic nitrogens is 4. The largest absolute Gasteiger partial charge is 0.307 e. The third-order valence-electron chi connectivity index (χ3n) is 4.10. The van der Waals surface area contributed by atoms with Crippen molar-refractivity contribution in [2.45, 2.75) is 40.2 Å². The predicted octanol–water partition coefficient (Wildman–Crippen LogP) is 3.67. The Hall–Kier alpha value is -2.76. The number of anilines is 1. The lowest BCUT2D eigenvalue weighted by atomic mass is 10.1. The smallest absolute Gasteiger partial charge is 0.257 e. The van der Waals surface area contributed by atoms with Crippen molar-refractivity contribution in [3.8, 4) is 0 Å². The van der Waals surface area contributed by atoms with E-state index in [2.05, 4.69) is 34.2 Å². The lowest BCUT2D eigenvalue weighted by Gasteiger charge is -2.11. The molecule has 24 heavy (non-hydrogen) atoms. The van der Waals surface area contributed by atoms with Crippen LogP contribution in [0.5, 0.6) is 0 Å². The maximum absolute atomic E-state index is 12.7. The van der Waals surface area contributed by atoms with Gasteiger partial charge in [0.25, 0.3) is 5.91 Å². The molecule has 0 aliphatic heterocycles. The predicted molar refractivity (Wildman–Crippen MR) is 94.2 cm³/mol. The number of carbonyl (C=O) groups is 1. The highest BCUT2D eigenvalue weighted by Gasteiger charge is 2.18. The first-order valence-electron chi connectivity index (χ1n) is 8.08. The maximum Gasteiger partial charge on any atom is 0.257 e. The third-order valence-corrected chi connectivity index (χ3v) is 4.10. The molecular formula is C18H21N5O. The van der Waals surface area contributed by atoms with E-state index < -0.39 is 0 Å². The Morgan fingerprint density at radius 3 is 2.75 bits per heavy atom. The van der Waals surface area contributed by atoms with E-state index in [4.69, 9.17) is 0 Å². The van der Waals surface area contributed by atoms with Crippen LogP contribution in [0.3, 0.4) is 0 Å². The van der Waals surface area contributed by atoms with Gasteiger partial charge in [0.2, 0.25) is 0 Å². The molecule has 124 valence electrons. The summed E-state index contributed by atoms with van der Waals surface area (Å²) in [5.74, 6) is 0.327. The molecule has 3 rings (SSSR count). The van der Waals surface area contributed by atoms with Gasteiger partial charge in [-0.3, -0.25) is 4.79 Å². The molecule has 0 aliphatic carbocycles. The van der Waals surface area contributed by atoms with E-state index in [0.717, 1.165) is 28.7 Å². The van der Waals surface area contributed by atoms with Gasteiger partial charge in [-0.25, -0.2) is 14.6 Å². The van der Waals surface area contributed by atoms with Crippen LogP contribution in [0.4, 0.5) is 5.82 Å². The molecule has 6 heteroatoms. The summed E-state index contributed by atoms with van der Waals surface area (Å²) in [6.07, 6.45) is 4.39. The molecule has 1 N–H and O–H groups in total. The minimum absolute atomic E-state index is 0.203. The number of nitrogens with one attached hydrogen (secondary N) is 1. The fraction of sp³-hybridized carbons (Fsp3) is 0.333. The van der Waals surface area contributed by atoms with Crippen molar-refractivity contribution in [3.63, 3.8) is 0 Å². The SMILES string of the molecule is CC[C@H](C)n1ncc2c(C(=O)Nc3ccc(C)cn3)cc(C)nc21. The Kier molecular flexibility index (Phi) is 4.29. The van der Waals surface area contributed by atoms with Crippen molar-refractivity contribution in [1.82, 2.24) is 19.7 Å². The lowest BCUT2D eigenvalue weighted by molar-refractivity contribution is 0.102. The van der Waals surface area contributed by atoms with Gasteiger partial charge in [0.1, 0.15) is 5.82 Å². The van der Waals surface area contributed by atoms with E-state index in [1.54, 1.807) is 24.5 Å². The monoisotopic (exact) mass is 323 g/mol. The molecule has 0 saturated carbocycles. The average molecular weight is 323 g/mol. The summed E-state index contributed by atoms with van der Waals surface area (Å²) in [5, 5.41) is 8.02. The van der Waals surface area contributed by atoms with Crippen LogP contribution >= 0.6 is 0 Å². The van der Waals surface area contributed by atoms with Crippen LogP contribution in [-0.4, -0.2) is 25.7 Å². The quantitative estimate of drug-likeness (QED) is 0.795. The number of hydrogen-bond donors (Lipinski definition) is 1. The summed E-state index contributed by atoms with van der Waals surface area (Å²) in [6.45, 7) is 8.03. The van der Waals surface area contributed by atoms with E-state index in [0.29, 0.717) is 11.4 Å². The second kappa shape index (κ2) is 6.39. The zero-order chi connectivity index (χ0) is 17.3. The molecule has 1 atom stereocenters. The molecular weight excluding hydrogens is 302 g/mol. The third kappa shape index (κ3) is 2.99. The Labute approximate surface area is 140 Å². The Morgan fingerprint density at radius 1 is 1.29 bits per heavy atom. The van der Waals surface area contributed by atoms with Crippen LogP contribution in [0.2, 0.25) is 0 Å². The van der Waals surface area contributed by atoms with Gasteiger partial charge in [-0.05, 0) is 44.9 Å². The van der Waals surface area contributed by atoms with E-state index in [9.17, 15) is 4.79 Å². The number of nitrogens with zero attached hydrogens (tertiary/aromatic N) is 4. The molecule has 0 unspecified atom stereocenters. The van der Waals surface area contributed by atoms with Gasteiger partial charge in [-0.15, -0.1) is 0 Å². The summed E-state index contributed by atoms with van der Waals surface area (Å²) in [4.78, 5) is 21.5. The maximum atomic E-state index is 12.7. The average Bonchev–Trinajstić information content (AvgIpc) is 2.99. The molecule has 0 aliphatic rings. The first-order valence-corrected chi connectivity index (χ1v) is 8.08. The van der Waals surface area contributed by atoms with Crippen molar-refractivity contribution < 1.29 is 4.79 Å². The van der Waals surface area contributed by atoms with Crippen LogP contribution in [0, 0.1) is 13.8 Å².